The third kappa shape index (κ3) is 4.75. The summed E-state index contributed by atoms with van der Waals surface area (Å²) in [6.45, 7) is 3.21. The van der Waals surface area contributed by atoms with Crippen LogP contribution < -0.4 is 20.5 Å². The Kier molecular flexibility index (Phi) is 8.05. The largest absolute Gasteiger partial charge is 0.463 e. The highest BCUT2D eigenvalue weighted by molar-refractivity contribution is 7.08. The van der Waals surface area contributed by atoms with Crippen LogP contribution in [0.15, 0.2) is 46.8 Å². The van der Waals surface area contributed by atoms with Crippen LogP contribution in [0.2, 0.25) is 5.02 Å². The number of thiazole rings is 1. The smallest absolute Gasteiger partial charge is 0.338 e. The van der Waals surface area contributed by atoms with Gasteiger partial charge in [-0.25, -0.2) is 18.4 Å². The van der Waals surface area contributed by atoms with Gasteiger partial charge >= 0.3 is 11.9 Å². The molecule has 2 heterocycles. The normalized spacial score (nSPS) is 15.5. The number of ether oxygens (including phenoxy) is 2. The average molecular weight is 581 g/mol. The number of halogens is 4. The molecule has 0 unspecified atom stereocenters. The van der Waals surface area contributed by atoms with E-state index in [1.54, 1.807) is 13.8 Å². The lowest BCUT2D eigenvalue weighted by Gasteiger charge is -2.26. The number of esters is 2. The van der Waals surface area contributed by atoms with Crippen LogP contribution in [0.4, 0.5) is 8.78 Å². The Hall–Kier alpha value is -3.47. The summed E-state index contributed by atoms with van der Waals surface area (Å²) in [6.07, 6.45) is 1.17. The Morgan fingerprint density at radius 1 is 1.05 bits per heavy atom. The summed E-state index contributed by atoms with van der Waals surface area (Å²) in [7, 11) is 0. The first-order valence-electron chi connectivity index (χ1n) is 11.3. The first-order valence-corrected chi connectivity index (χ1v) is 12.9. The second kappa shape index (κ2) is 11.1. The number of nitrogens with two attached hydrogens (primary N) is 1. The van der Waals surface area contributed by atoms with Crippen LogP contribution in [-0.2, 0) is 14.3 Å². The molecule has 0 radical (unpaired) electrons. The van der Waals surface area contributed by atoms with E-state index in [9.17, 15) is 18.8 Å². The third-order valence-electron chi connectivity index (χ3n) is 5.69. The van der Waals surface area contributed by atoms with Crippen molar-refractivity contribution >= 4 is 63.4 Å². The van der Waals surface area contributed by atoms with Crippen molar-refractivity contribution in [2.24, 2.45) is 5.73 Å². The molecule has 0 amide bonds. The molecule has 3 aromatic rings. The van der Waals surface area contributed by atoms with E-state index in [0.717, 1.165) is 28.0 Å². The van der Waals surface area contributed by atoms with Gasteiger partial charge in [0.2, 0.25) is 0 Å². The molecule has 1 aromatic heterocycles. The summed E-state index contributed by atoms with van der Waals surface area (Å²) in [5, 5.41) is -0.137. The molecule has 0 bridgehead atoms. The number of nitrogens with zero attached hydrogens (tertiary/aromatic N) is 1. The predicted molar refractivity (Wildman–Crippen MR) is 141 cm³/mol. The Balaban J connectivity index is 2.06. The summed E-state index contributed by atoms with van der Waals surface area (Å²) >= 11 is 13.8. The maximum Gasteiger partial charge on any atom is 0.338 e. The molecule has 1 atom stereocenters. The second-order valence-corrected chi connectivity index (χ2v) is 9.76. The monoisotopic (exact) mass is 580 g/mol. The van der Waals surface area contributed by atoms with E-state index in [2.05, 4.69) is 0 Å². The van der Waals surface area contributed by atoms with Gasteiger partial charge in [-0.2, -0.15) is 0 Å². The topological polar surface area (TPSA) is 101 Å². The fourth-order valence-electron chi connectivity index (χ4n) is 4.07. The molecule has 1 aliphatic heterocycles. The quantitative estimate of drug-likeness (QED) is 0.446. The van der Waals surface area contributed by atoms with E-state index in [1.165, 1.54) is 30.3 Å². The minimum atomic E-state index is -1.28. The molecular weight excluding hydrogens is 561 g/mol. The van der Waals surface area contributed by atoms with Crippen molar-refractivity contribution in [2.45, 2.75) is 19.8 Å². The van der Waals surface area contributed by atoms with Crippen molar-refractivity contribution in [2.75, 3.05) is 13.2 Å². The minimum absolute atomic E-state index is 0.0210. The summed E-state index contributed by atoms with van der Waals surface area (Å²) in [5.74, 6) is -4.83. The number of hydrogen-bond donors (Lipinski definition) is 1. The molecule has 2 N–H and O–H groups in total. The van der Waals surface area contributed by atoms with E-state index >= 15 is 4.39 Å². The van der Waals surface area contributed by atoms with Crippen LogP contribution in [0.1, 0.15) is 41.3 Å². The van der Waals surface area contributed by atoms with Gasteiger partial charge in [-0.15, -0.1) is 11.3 Å². The molecule has 0 saturated carbocycles. The number of aromatic nitrogens is 1. The molecule has 1 aliphatic rings. The predicted octanol–water partition coefficient (Wildman–Crippen LogP) is 3.68. The number of carbonyl (C=O) groups is 2. The molecule has 12 heteroatoms. The van der Waals surface area contributed by atoms with E-state index in [4.69, 9.17) is 38.4 Å². The van der Waals surface area contributed by atoms with Crippen LogP contribution in [-0.4, -0.2) is 29.7 Å². The van der Waals surface area contributed by atoms with Gasteiger partial charge < -0.3 is 15.2 Å². The van der Waals surface area contributed by atoms with E-state index < -0.39 is 35.1 Å². The molecule has 0 spiro atoms. The fourth-order valence-corrected chi connectivity index (χ4v) is 5.81. The number of fused-ring (bicyclic) bond motifs is 1. The lowest BCUT2D eigenvalue weighted by atomic mass is 9.88. The van der Waals surface area contributed by atoms with Crippen LogP contribution in [0.5, 0.6) is 0 Å². The Morgan fingerprint density at radius 2 is 1.68 bits per heavy atom. The molecule has 7 nitrogen and oxygen atoms in total. The highest BCUT2D eigenvalue weighted by atomic mass is 35.5. The number of carbonyl (C=O) groups excluding carboxylic acids is 2. The van der Waals surface area contributed by atoms with Gasteiger partial charge in [-0.05, 0) is 44.2 Å². The zero-order valence-electron chi connectivity index (χ0n) is 20.0. The van der Waals surface area contributed by atoms with E-state index in [0.29, 0.717) is 0 Å². The second-order valence-electron chi connectivity index (χ2n) is 7.91. The highest BCUT2D eigenvalue weighted by Crippen LogP contribution is 2.42. The van der Waals surface area contributed by atoms with Crippen molar-refractivity contribution in [1.29, 1.82) is 0 Å². The number of hydrogen-bond acceptors (Lipinski definition) is 7. The zero-order chi connectivity index (χ0) is 27.7. The molecule has 2 aromatic carbocycles. The van der Waals surface area contributed by atoms with Crippen LogP contribution in [0.25, 0.3) is 16.9 Å². The van der Waals surface area contributed by atoms with Crippen molar-refractivity contribution in [3.8, 4) is 0 Å². The summed E-state index contributed by atoms with van der Waals surface area (Å²) < 4.78 is 40.9. The lowest BCUT2D eigenvalue weighted by Crippen LogP contribution is -2.39. The molecule has 38 heavy (non-hydrogen) atoms. The molecule has 0 aliphatic carbocycles. The van der Waals surface area contributed by atoms with Crippen molar-refractivity contribution < 1.29 is 27.8 Å². The van der Waals surface area contributed by atoms with Gasteiger partial charge in [0.15, 0.2) is 0 Å². The third-order valence-corrected chi connectivity index (χ3v) is 7.64. The van der Waals surface area contributed by atoms with Crippen molar-refractivity contribution in [3.05, 3.63) is 94.9 Å². The van der Waals surface area contributed by atoms with Gasteiger partial charge in [-0.1, -0.05) is 35.3 Å². The molecule has 198 valence electrons. The molecule has 4 rings (SSSR count). The molecule has 0 saturated heterocycles. The SMILES string of the molecule is CCOC(=O)C1=C(N)n2c(sc(=Cc3c(F)cccc3C(=O)OCC)c2=O)=C(Cl)[C@H]1c1c(F)cccc1Cl. The van der Waals surface area contributed by atoms with Gasteiger partial charge in [-0.3, -0.25) is 9.36 Å². The van der Waals surface area contributed by atoms with Crippen molar-refractivity contribution in [3.63, 3.8) is 0 Å². The number of benzene rings is 2. The van der Waals surface area contributed by atoms with Crippen LogP contribution in [0.3, 0.4) is 0 Å². The van der Waals surface area contributed by atoms with Crippen molar-refractivity contribution in [1.82, 2.24) is 4.57 Å². The maximum atomic E-state index is 15.0. The molecular formula is C26H20Cl2F2N2O5S. The van der Waals surface area contributed by atoms with E-state index in [-0.39, 0.29) is 60.5 Å². The Bertz CT molecular complexity index is 1660. The van der Waals surface area contributed by atoms with Gasteiger partial charge in [0.1, 0.15) is 22.1 Å². The summed E-state index contributed by atoms with van der Waals surface area (Å²) in [4.78, 5) is 38.8. The standard InChI is InChI=1S/C26H20Cl2F2N2O5S/c1-3-36-25(34)12-7-5-9-15(29)13(12)11-17-23(33)32-22(31)20(26(35)37-4-2)19(21(28)24(32)38-17)18-14(27)8-6-10-16(18)30/h5-11,19H,3-4,31H2,1-2H3/t19-/m0/s1. The highest BCUT2D eigenvalue weighted by Gasteiger charge is 2.38. The van der Waals surface area contributed by atoms with E-state index in [1.807, 2.05) is 0 Å². The minimum Gasteiger partial charge on any atom is -0.463 e. The fraction of sp³-hybridized carbons (Fsp3) is 0.192. The Morgan fingerprint density at radius 3 is 2.34 bits per heavy atom. The van der Waals surface area contributed by atoms with Crippen LogP contribution >= 0.6 is 34.5 Å². The average Bonchev–Trinajstić information content (AvgIpc) is 3.20. The number of rotatable bonds is 6. The van der Waals surface area contributed by atoms with Crippen LogP contribution in [0, 0.1) is 11.6 Å². The van der Waals surface area contributed by atoms with Gasteiger partial charge in [0.25, 0.3) is 5.56 Å². The maximum absolute atomic E-state index is 15.0. The Labute approximate surface area is 229 Å². The summed E-state index contributed by atoms with van der Waals surface area (Å²) in [6, 6.07) is 7.79. The summed E-state index contributed by atoms with van der Waals surface area (Å²) in [5.41, 5.74) is 4.90. The first kappa shape index (κ1) is 27.6. The lowest BCUT2D eigenvalue weighted by molar-refractivity contribution is -0.138. The molecule has 0 fully saturated rings. The first-order chi connectivity index (χ1) is 18.1. The van der Waals surface area contributed by atoms with Gasteiger partial charge in [0.05, 0.1) is 39.8 Å². The van der Waals surface area contributed by atoms with Gasteiger partial charge in [0, 0.05) is 16.1 Å². The zero-order valence-corrected chi connectivity index (χ0v) is 22.3.